The average Bonchev–Trinajstić information content (AvgIpc) is 2.80. The molecule has 0 saturated heterocycles. The van der Waals surface area contributed by atoms with Gasteiger partial charge in [0.2, 0.25) is 0 Å². The molecule has 1 aliphatic carbocycles. The van der Waals surface area contributed by atoms with Crippen molar-refractivity contribution in [1.82, 2.24) is 10.3 Å². The number of amides is 1. The van der Waals surface area contributed by atoms with Gasteiger partial charge in [-0.2, -0.15) is 0 Å². The van der Waals surface area contributed by atoms with Crippen molar-refractivity contribution >= 4 is 17.8 Å². The van der Waals surface area contributed by atoms with Gasteiger partial charge in [0.15, 0.2) is 0 Å². The Morgan fingerprint density at radius 2 is 2.06 bits per heavy atom. The first-order valence-corrected chi connectivity index (χ1v) is 12.3. The number of nitrogens with zero attached hydrogens (tertiary/aromatic N) is 2. The van der Waals surface area contributed by atoms with Crippen LogP contribution in [-0.2, 0) is 0 Å². The van der Waals surface area contributed by atoms with Gasteiger partial charge in [-0.15, -0.1) is 0 Å². The molecule has 34 heavy (non-hydrogen) atoms. The quantitative estimate of drug-likeness (QED) is 0.341. The van der Waals surface area contributed by atoms with Crippen LogP contribution >= 0.6 is 0 Å². The Morgan fingerprint density at radius 1 is 1.26 bits per heavy atom. The molecular weight excluding hydrogens is 420 g/mol. The summed E-state index contributed by atoms with van der Waals surface area (Å²) in [5.41, 5.74) is 7.08. The Bertz CT molecular complexity index is 1100. The van der Waals surface area contributed by atoms with E-state index in [-0.39, 0.29) is 18.0 Å². The second-order valence-corrected chi connectivity index (χ2v) is 9.37. The van der Waals surface area contributed by atoms with Crippen LogP contribution in [0.5, 0.6) is 0 Å². The van der Waals surface area contributed by atoms with E-state index in [2.05, 4.69) is 61.5 Å². The average molecular weight is 459 g/mol. The normalized spacial score (nSPS) is 19.2. The smallest absolute Gasteiger partial charge is 0.257 e. The summed E-state index contributed by atoms with van der Waals surface area (Å²) in [6, 6.07) is 10.1. The van der Waals surface area contributed by atoms with Crippen molar-refractivity contribution in [2.24, 2.45) is 10.9 Å². The van der Waals surface area contributed by atoms with Crippen molar-refractivity contribution in [2.75, 3.05) is 5.32 Å². The molecule has 1 amide bonds. The van der Waals surface area contributed by atoms with Crippen LogP contribution in [0.1, 0.15) is 80.2 Å². The van der Waals surface area contributed by atoms with Gasteiger partial charge in [0, 0.05) is 47.5 Å². The number of pyridine rings is 1. The molecule has 2 unspecified atom stereocenters. The van der Waals surface area contributed by atoms with Gasteiger partial charge in [-0.3, -0.25) is 14.8 Å². The maximum atomic E-state index is 12.7. The van der Waals surface area contributed by atoms with Gasteiger partial charge in [-0.05, 0) is 76.3 Å². The summed E-state index contributed by atoms with van der Waals surface area (Å²) in [5, 5.41) is 6.59. The van der Waals surface area contributed by atoms with Crippen LogP contribution in [0.25, 0.3) is 0 Å². The maximum absolute atomic E-state index is 12.7. The summed E-state index contributed by atoms with van der Waals surface area (Å²) >= 11 is 0. The fourth-order valence-electron chi connectivity index (χ4n) is 4.24. The molecule has 1 heterocycles. The molecule has 5 heteroatoms. The highest BCUT2D eigenvalue weighted by molar-refractivity contribution is 6.04. The molecule has 5 nitrogen and oxygen atoms in total. The Labute approximate surface area is 204 Å². The molecule has 1 aliphatic rings. The molecule has 1 aromatic heterocycles. The third-order valence-corrected chi connectivity index (χ3v) is 6.35. The molecule has 2 aromatic rings. The summed E-state index contributed by atoms with van der Waals surface area (Å²) in [6.07, 6.45) is 11.4. The lowest BCUT2D eigenvalue weighted by Crippen LogP contribution is -2.30. The molecular formula is C29H38N4O. The second-order valence-electron chi connectivity index (χ2n) is 9.37. The van der Waals surface area contributed by atoms with E-state index in [1.807, 2.05) is 44.3 Å². The highest BCUT2D eigenvalue weighted by Crippen LogP contribution is 2.29. The molecule has 0 saturated carbocycles. The Hall–Kier alpha value is -3.05. The predicted molar refractivity (Wildman–Crippen MR) is 142 cm³/mol. The van der Waals surface area contributed by atoms with Crippen LogP contribution in [0.2, 0.25) is 0 Å². The molecule has 3 rings (SSSR count). The number of benzene rings is 1. The SMILES string of the molecule is CCC=C1CC=C(N=CC(C)N[C@@H](C)c2cccc(NC(=O)c3cnc(C)c(C)c3)c2)C(C)C1. The molecule has 0 radical (unpaired) electrons. The van der Waals surface area contributed by atoms with E-state index in [0.29, 0.717) is 11.5 Å². The van der Waals surface area contributed by atoms with Crippen LogP contribution < -0.4 is 10.6 Å². The first-order chi connectivity index (χ1) is 16.3. The van der Waals surface area contributed by atoms with E-state index in [1.165, 1.54) is 11.3 Å². The topological polar surface area (TPSA) is 66.4 Å². The third-order valence-electron chi connectivity index (χ3n) is 6.35. The van der Waals surface area contributed by atoms with Gasteiger partial charge in [-0.25, -0.2) is 0 Å². The maximum Gasteiger partial charge on any atom is 0.257 e. The molecule has 0 fully saturated rings. The van der Waals surface area contributed by atoms with Crippen molar-refractivity contribution in [3.05, 3.63) is 82.3 Å². The number of anilines is 1. The molecule has 3 atom stereocenters. The number of carbonyl (C=O) groups is 1. The number of rotatable bonds is 8. The van der Waals surface area contributed by atoms with Crippen LogP contribution in [-0.4, -0.2) is 23.1 Å². The second kappa shape index (κ2) is 11.9. The minimum Gasteiger partial charge on any atom is -0.322 e. The van der Waals surface area contributed by atoms with Crippen molar-refractivity contribution in [3.63, 3.8) is 0 Å². The number of carbonyl (C=O) groups excluding carboxylic acids is 1. The van der Waals surface area contributed by atoms with E-state index in [4.69, 9.17) is 4.99 Å². The zero-order valence-corrected chi connectivity index (χ0v) is 21.4. The minimum atomic E-state index is -0.152. The van der Waals surface area contributed by atoms with E-state index in [0.717, 1.165) is 41.8 Å². The van der Waals surface area contributed by atoms with Gasteiger partial charge in [0.05, 0.1) is 5.56 Å². The first kappa shape index (κ1) is 25.6. The zero-order chi connectivity index (χ0) is 24.7. The summed E-state index contributed by atoms with van der Waals surface area (Å²) in [5.74, 6) is 0.306. The Kier molecular flexibility index (Phi) is 8.94. The molecule has 0 aliphatic heterocycles. The van der Waals surface area contributed by atoms with Crippen LogP contribution in [0.3, 0.4) is 0 Å². The van der Waals surface area contributed by atoms with Gasteiger partial charge in [-0.1, -0.05) is 43.7 Å². The summed E-state index contributed by atoms with van der Waals surface area (Å²) in [6.45, 7) is 12.6. The number of aliphatic imine (C=N–C) groups is 1. The van der Waals surface area contributed by atoms with Crippen molar-refractivity contribution in [3.8, 4) is 0 Å². The van der Waals surface area contributed by atoms with E-state index in [1.54, 1.807) is 6.20 Å². The van der Waals surface area contributed by atoms with Crippen molar-refractivity contribution < 1.29 is 4.79 Å². The number of nitrogens with one attached hydrogen (secondary N) is 2. The summed E-state index contributed by atoms with van der Waals surface area (Å²) < 4.78 is 0. The minimum absolute atomic E-state index is 0.110. The number of allylic oxidation sites excluding steroid dienone is 4. The van der Waals surface area contributed by atoms with Crippen LogP contribution in [0.15, 0.2) is 64.9 Å². The molecule has 180 valence electrons. The Morgan fingerprint density at radius 3 is 2.76 bits per heavy atom. The predicted octanol–water partition coefficient (Wildman–Crippen LogP) is 6.71. The number of hydrogen-bond donors (Lipinski definition) is 2. The fraction of sp³-hybridized carbons (Fsp3) is 0.414. The van der Waals surface area contributed by atoms with Crippen LogP contribution in [0, 0.1) is 19.8 Å². The molecule has 0 bridgehead atoms. The van der Waals surface area contributed by atoms with Crippen molar-refractivity contribution in [2.45, 2.75) is 72.9 Å². The largest absolute Gasteiger partial charge is 0.322 e. The van der Waals surface area contributed by atoms with Crippen molar-refractivity contribution in [1.29, 1.82) is 0 Å². The highest BCUT2D eigenvalue weighted by Gasteiger charge is 2.16. The van der Waals surface area contributed by atoms with Gasteiger partial charge in [0.1, 0.15) is 0 Å². The van der Waals surface area contributed by atoms with Gasteiger partial charge < -0.3 is 10.6 Å². The summed E-state index contributed by atoms with van der Waals surface area (Å²) in [7, 11) is 0. The summed E-state index contributed by atoms with van der Waals surface area (Å²) in [4.78, 5) is 21.8. The van der Waals surface area contributed by atoms with E-state index >= 15 is 0 Å². The number of aromatic nitrogens is 1. The number of hydrogen-bond acceptors (Lipinski definition) is 4. The van der Waals surface area contributed by atoms with Crippen LogP contribution in [0.4, 0.5) is 5.69 Å². The van der Waals surface area contributed by atoms with E-state index in [9.17, 15) is 4.79 Å². The first-order valence-electron chi connectivity index (χ1n) is 12.3. The van der Waals surface area contributed by atoms with Gasteiger partial charge in [0.25, 0.3) is 5.91 Å². The van der Waals surface area contributed by atoms with Gasteiger partial charge >= 0.3 is 0 Å². The standard InChI is InChI=1S/C29H38N4O/c1-7-9-24-12-13-28(20(3)14-24)31-17-21(4)32-23(6)25-10-8-11-27(16-25)33-29(34)26-15-19(2)22(5)30-18-26/h8-11,13,15-18,20-21,23,32H,7,12,14H2,1-6H3,(H,33,34)/t20?,21?,23-/m0/s1. The Balaban J connectivity index is 1.59. The van der Waals surface area contributed by atoms with E-state index < -0.39 is 0 Å². The lowest BCUT2D eigenvalue weighted by atomic mass is 9.89. The highest BCUT2D eigenvalue weighted by atomic mass is 16.1. The fourth-order valence-corrected chi connectivity index (χ4v) is 4.24. The molecule has 1 aromatic carbocycles. The number of aryl methyl sites for hydroxylation is 2. The molecule has 0 spiro atoms. The molecule has 2 N–H and O–H groups in total. The monoisotopic (exact) mass is 458 g/mol. The third kappa shape index (κ3) is 6.97. The lowest BCUT2D eigenvalue weighted by Gasteiger charge is -2.21. The lowest BCUT2D eigenvalue weighted by molar-refractivity contribution is 0.102. The zero-order valence-electron chi connectivity index (χ0n) is 21.4.